The van der Waals surface area contributed by atoms with Crippen LogP contribution in [0.2, 0.25) is 0 Å². The summed E-state index contributed by atoms with van der Waals surface area (Å²) in [6, 6.07) is 1.78. The maximum absolute atomic E-state index is 11.5. The van der Waals surface area contributed by atoms with E-state index < -0.39 is 10.0 Å². The predicted molar refractivity (Wildman–Crippen MR) is 62.1 cm³/mol. The Kier molecular flexibility index (Phi) is 4.91. The predicted octanol–water partition coefficient (Wildman–Crippen LogP) is -0.422. The number of nitrogens with one attached hydrogen (secondary N) is 1. The number of rotatable bonds is 7. The maximum atomic E-state index is 11.5. The van der Waals surface area contributed by atoms with Crippen molar-refractivity contribution in [2.75, 3.05) is 12.3 Å². The minimum atomic E-state index is -3.19. The van der Waals surface area contributed by atoms with E-state index in [1.54, 1.807) is 24.0 Å². The molecule has 1 aromatic rings. The molecule has 0 spiro atoms. The topological polar surface area (TPSA) is 90.0 Å². The summed E-state index contributed by atoms with van der Waals surface area (Å²) in [5.41, 5.74) is 6.14. The minimum absolute atomic E-state index is 0.127. The normalized spacial score (nSPS) is 11.9. The molecule has 0 amide bonds. The van der Waals surface area contributed by atoms with Gasteiger partial charge < -0.3 is 5.73 Å². The molecule has 0 fully saturated rings. The standard InChI is InChI=1S/C9H18N4O2S/c1-13-9(4-6-11-13)8-12-16(14,15)7-3-2-5-10/h4,6,12H,2-3,5,7-8,10H2,1H3. The van der Waals surface area contributed by atoms with Gasteiger partial charge in [-0.3, -0.25) is 4.68 Å². The average molecular weight is 246 g/mol. The molecule has 0 aliphatic rings. The van der Waals surface area contributed by atoms with Gasteiger partial charge in [-0.1, -0.05) is 0 Å². The van der Waals surface area contributed by atoms with Gasteiger partial charge in [-0.25, -0.2) is 13.1 Å². The third-order valence-corrected chi connectivity index (χ3v) is 3.67. The fourth-order valence-corrected chi connectivity index (χ4v) is 2.36. The van der Waals surface area contributed by atoms with Crippen LogP contribution in [0.1, 0.15) is 18.5 Å². The smallest absolute Gasteiger partial charge is 0.211 e. The van der Waals surface area contributed by atoms with Crippen LogP contribution in [0.25, 0.3) is 0 Å². The SMILES string of the molecule is Cn1nccc1CNS(=O)(=O)CCCCN. The molecule has 1 rings (SSSR count). The molecular formula is C9H18N4O2S. The molecule has 0 aliphatic carbocycles. The van der Waals surface area contributed by atoms with E-state index in [9.17, 15) is 8.42 Å². The summed E-state index contributed by atoms with van der Waals surface area (Å²) in [6.07, 6.45) is 2.96. The van der Waals surface area contributed by atoms with Gasteiger partial charge in [0, 0.05) is 13.2 Å². The highest BCUT2D eigenvalue weighted by atomic mass is 32.2. The Morgan fingerprint density at radius 3 is 2.81 bits per heavy atom. The van der Waals surface area contributed by atoms with E-state index in [1.165, 1.54) is 0 Å². The quantitative estimate of drug-likeness (QED) is 0.639. The summed E-state index contributed by atoms with van der Waals surface area (Å²) < 4.78 is 27.2. The first-order valence-corrected chi connectivity index (χ1v) is 6.84. The van der Waals surface area contributed by atoms with Gasteiger partial charge in [0.25, 0.3) is 0 Å². The number of hydrogen-bond acceptors (Lipinski definition) is 4. The van der Waals surface area contributed by atoms with Crippen LogP contribution >= 0.6 is 0 Å². The number of unbranched alkanes of at least 4 members (excludes halogenated alkanes) is 1. The van der Waals surface area contributed by atoms with Crippen LogP contribution in [0.4, 0.5) is 0 Å². The number of nitrogens with zero attached hydrogens (tertiary/aromatic N) is 2. The zero-order valence-electron chi connectivity index (χ0n) is 9.39. The summed E-state index contributed by atoms with van der Waals surface area (Å²) in [5.74, 6) is 0.127. The number of hydrogen-bond donors (Lipinski definition) is 2. The average Bonchev–Trinajstić information content (AvgIpc) is 2.62. The molecule has 0 aromatic carbocycles. The molecule has 6 nitrogen and oxygen atoms in total. The van der Waals surface area contributed by atoms with E-state index in [4.69, 9.17) is 5.73 Å². The van der Waals surface area contributed by atoms with Crippen molar-refractivity contribution in [2.24, 2.45) is 12.8 Å². The van der Waals surface area contributed by atoms with Crippen LogP contribution in [0.5, 0.6) is 0 Å². The Hall–Kier alpha value is -0.920. The third-order valence-electron chi connectivity index (χ3n) is 2.26. The fraction of sp³-hybridized carbons (Fsp3) is 0.667. The Bertz CT molecular complexity index is 413. The van der Waals surface area contributed by atoms with Crippen molar-refractivity contribution in [3.63, 3.8) is 0 Å². The van der Waals surface area contributed by atoms with Crippen molar-refractivity contribution < 1.29 is 8.42 Å². The second kappa shape index (κ2) is 5.97. The van der Waals surface area contributed by atoms with Crippen LogP contribution in [0.15, 0.2) is 12.3 Å². The number of sulfonamides is 1. The van der Waals surface area contributed by atoms with Crippen molar-refractivity contribution in [2.45, 2.75) is 19.4 Å². The molecular weight excluding hydrogens is 228 g/mol. The largest absolute Gasteiger partial charge is 0.330 e. The summed E-state index contributed by atoms with van der Waals surface area (Å²) >= 11 is 0. The van der Waals surface area contributed by atoms with Crippen molar-refractivity contribution in [1.29, 1.82) is 0 Å². The van der Waals surface area contributed by atoms with E-state index >= 15 is 0 Å². The molecule has 0 saturated heterocycles. The lowest BCUT2D eigenvalue weighted by Gasteiger charge is -2.06. The third kappa shape index (κ3) is 4.30. The monoisotopic (exact) mass is 246 g/mol. The first-order chi connectivity index (χ1) is 7.55. The molecule has 1 aromatic heterocycles. The van der Waals surface area contributed by atoms with Gasteiger partial charge in [0.1, 0.15) is 0 Å². The molecule has 0 radical (unpaired) electrons. The zero-order chi connectivity index (χ0) is 12.0. The molecule has 0 unspecified atom stereocenters. The highest BCUT2D eigenvalue weighted by Gasteiger charge is 2.10. The van der Waals surface area contributed by atoms with Crippen LogP contribution in [-0.2, 0) is 23.6 Å². The molecule has 7 heteroatoms. The van der Waals surface area contributed by atoms with E-state index in [0.29, 0.717) is 13.0 Å². The first kappa shape index (κ1) is 13.1. The lowest BCUT2D eigenvalue weighted by Crippen LogP contribution is -2.27. The number of nitrogens with two attached hydrogens (primary N) is 1. The molecule has 92 valence electrons. The van der Waals surface area contributed by atoms with Gasteiger partial charge in [-0.2, -0.15) is 5.10 Å². The molecule has 0 bridgehead atoms. The Morgan fingerprint density at radius 1 is 1.50 bits per heavy atom. The van der Waals surface area contributed by atoms with Gasteiger partial charge in [0.15, 0.2) is 0 Å². The molecule has 3 N–H and O–H groups in total. The Balaban J connectivity index is 2.39. The van der Waals surface area contributed by atoms with Crippen molar-refractivity contribution in [3.8, 4) is 0 Å². The van der Waals surface area contributed by atoms with Crippen LogP contribution in [0.3, 0.4) is 0 Å². The lowest BCUT2D eigenvalue weighted by atomic mass is 10.3. The van der Waals surface area contributed by atoms with Gasteiger partial charge in [-0.15, -0.1) is 0 Å². The van der Waals surface area contributed by atoms with Gasteiger partial charge in [0.2, 0.25) is 10.0 Å². The maximum Gasteiger partial charge on any atom is 0.211 e. The zero-order valence-corrected chi connectivity index (χ0v) is 10.2. The molecule has 1 heterocycles. The molecule has 0 atom stereocenters. The van der Waals surface area contributed by atoms with E-state index in [-0.39, 0.29) is 12.3 Å². The summed E-state index contributed by atoms with van der Waals surface area (Å²) in [6.45, 7) is 0.804. The number of aromatic nitrogens is 2. The summed E-state index contributed by atoms with van der Waals surface area (Å²) in [7, 11) is -1.42. The lowest BCUT2D eigenvalue weighted by molar-refractivity contribution is 0.573. The molecule has 0 aliphatic heterocycles. The van der Waals surface area contributed by atoms with Crippen LogP contribution < -0.4 is 10.5 Å². The van der Waals surface area contributed by atoms with E-state index in [2.05, 4.69) is 9.82 Å². The highest BCUT2D eigenvalue weighted by molar-refractivity contribution is 7.89. The molecule has 0 saturated carbocycles. The molecule has 16 heavy (non-hydrogen) atoms. The van der Waals surface area contributed by atoms with Gasteiger partial charge >= 0.3 is 0 Å². The van der Waals surface area contributed by atoms with Crippen LogP contribution in [0, 0.1) is 0 Å². The second-order valence-electron chi connectivity index (χ2n) is 3.58. The summed E-state index contributed by atoms with van der Waals surface area (Å²) in [4.78, 5) is 0. The summed E-state index contributed by atoms with van der Waals surface area (Å²) in [5, 5.41) is 3.96. The fourth-order valence-electron chi connectivity index (χ4n) is 1.27. The first-order valence-electron chi connectivity index (χ1n) is 5.19. The highest BCUT2D eigenvalue weighted by Crippen LogP contribution is 1.98. The number of aryl methyl sites for hydroxylation is 1. The van der Waals surface area contributed by atoms with Crippen molar-refractivity contribution in [3.05, 3.63) is 18.0 Å². The second-order valence-corrected chi connectivity index (χ2v) is 5.51. The van der Waals surface area contributed by atoms with Crippen molar-refractivity contribution in [1.82, 2.24) is 14.5 Å². The van der Waals surface area contributed by atoms with Crippen molar-refractivity contribution >= 4 is 10.0 Å². The van der Waals surface area contributed by atoms with Crippen LogP contribution in [-0.4, -0.2) is 30.5 Å². The van der Waals surface area contributed by atoms with Gasteiger partial charge in [0.05, 0.1) is 18.0 Å². The minimum Gasteiger partial charge on any atom is -0.330 e. The van der Waals surface area contributed by atoms with Gasteiger partial charge in [-0.05, 0) is 25.5 Å². The Labute approximate surface area is 95.9 Å². The van der Waals surface area contributed by atoms with E-state index in [0.717, 1.165) is 12.1 Å². The van der Waals surface area contributed by atoms with E-state index in [1.807, 2.05) is 0 Å². The Morgan fingerprint density at radius 2 is 2.25 bits per heavy atom.